The summed E-state index contributed by atoms with van der Waals surface area (Å²) in [5.74, 6) is 0.736. The van der Waals surface area contributed by atoms with E-state index in [-0.39, 0.29) is 11.1 Å². The van der Waals surface area contributed by atoms with Gasteiger partial charge >= 0.3 is 5.69 Å². The maximum atomic E-state index is 10.6. The molecule has 0 fully saturated rings. The van der Waals surface area contributed by atoms with Gasteiger partial charge in [0.05, 0.1) is 11.5 Å². The van der Waals surface area contributed by atoms with Gasteiger partial charge in [0.2, 0.25) is 0 Å². The van der Waals surface area contributed by atoms with Crippen LogP contribution in [0.15, 0.2) is 17.4 Å². The number of nitro groups is 1. The molecule has 1 rings (SSSR count). The maximum Gasteiger partial charge on any atom is 0.306 e. The van der Waals surface area contributed by atoms with E-state index in [2.05, 4.69) is 41.5 Å². The molecule has 24 heavy (non-hydrogen) atoms. The molecule has 0 aliphatic heterocycles. The van der Waals surface area contributed by atoms with Gasteiger partial charge in [-0.1, -0.05) is 40.0 Å². The molecule has 8 nitrogen and oxygen atoms in total. The van der Waals surface area contributed by atoms with E-state index in [0.29, 0.717) is 13.1 Å². The first kappa shape index (κ1) is 19.9. The molecule has 0 saturated heterocycles. The van der Waals surface area contributed by atoms with Gasteiger partial charge in [-0.05, 0) is 11.8 Å². The summed E-state index contributed by atoms with van der Waals surface area (Å²) in [5, 5.41) is 21.1. The van der Waals surface area contributed by atoms with Gasteiger partial charge in [0.25, 0.3) is 0 Å². The highest BCUT2D eigenvalue weighted by Gasteiger charge is 2.17. The van der Waals surface area contributed by atoms with Gasteiger partial charge in [-0.2, -0.15) is 5.10 Å². The van der Waals surface area contributed by atoms with Crippen LogP contribution in [0.1, 0.15) is 46.5 Å². The number of aliphatic imine (C=N–C) groups is 1. The average molecular weight is 338 g/mol. The number of aromatic nitrogens is 2. The summed E-state index contributed by atoms with van der Waals surface area (Å²) in [4.78, 5) is 14.4. The third kappa shape index (κ3) is 7.43. The number of rotatable bonds is 10. The topological polar surface area (TPSA) is 97.4 Å². The van der Waals surface area contributed by atoms with Crippen LogP contribution in [0.4, 0.5) is 5.69 Å². The van der Waals surface area contributed by atoms with E-state index in [9.17, 15) is 10.1 Å². The largest absolute Gasteiger partial charge is 0.356 e. The Bertz CT molecular complexity index is 538. The summed E-state index contributed by atoms with van der Waals surface area (Å²) >= 11 is 0. The first-order chi connectivity index (χ1) is 11.4. The van der Waals surface area contributed by atoms with Crippen LogP contribution in [-0.4, -0.2) is 40.8 Å². The van der Waals surface area contributed by atoms with Crippen LogP contribution in [0.25, 0.3) is 0 Å². The molecule has 0 saturated carbocycles. The molecule has 0 atom stereocenters. The molecule has 1 aromatic rings. The molecule has 1 aromatic heterocycles. The fraction of sp³-hybridized carbons (Fsp3) is 0.750. The van der Waals surface area contributed by atoms with E-state index in [1.165, 1.54) is 38.1 Å². The zero-order valence-electron chi connectivity index (χ0n) is 15.2. The molecule has 2 N–H and O–H groups in total. The zero-order valence-corrected chi connectivity index (χ0v) is 15.2. The highest BCUT2D eigenvalue weighted by atomic mass is 16.6. The Balaban J connectivity index is 2.32. The van der Waals surface area contributed by atoms with E-state index < -0.39 is 4.92 Å². The van der Waals surface area contributed by atoms with E-state index in [1.807, 2.05) is 0 Å². The monoisotopic (exact) mass is 338 g/mol. The molecule has 0 amide bonds. The van der Waals surface area contributed by atoms with Gasteiger partial charge in [-0.15, -0.1) is 0 Å². The molecular formula is C16H30N6O2. The first-order valence-electron chi connectivity index (χ1n) is 8.49. The number of unbranched alkanes of at least 4 members (excludes halogenated alkanes) is 2. The van der Waals surface area contributed by atoms with Crippen molar-refractivity contribution in [3.8, 4) is 0 Å². The van der Waals surface area contributed by atoms with Gasteiger partial charge in [0.1, 0.15) is 12.4 Å². The minimum Gasteiger partial charge on any atom is -0.356 e. The first-order valence-corrected chi connectivity index (χ1v) is 8.49. The highest BCUT2D eigenvalue weighted by Crippen LogP contribution is 2.22. The smallest absolute Gasteiger partial charge is 0.306 e. The van der Waals surface area contributed by atoms with Gasteiger partial charge in [0.15, 0.2) is 5.96 Å². The summed E-state index contributed by atoms with van der Waals surface area (Å²) in [6.07, 6.45) is 7.61. The van der Waals surface area contributed by atoms with Crippen LogP contribution in [0.3, 0.4) is 0 Å². The van der Waals surface area contributed by atoms with Gasteiger partial charge in [-0.25, -0.2) is 0 Å². The number of nitrogens with zero attached hydrogens (tertiary/aromatic N) is 4. The predicted molar refractivity (Wildman–Crippen MR) is 96.2 cm³/mol. The minimum absolute atomic E-state index is 0.00587. The minimum atomic E-state index is -0.446. The van der Waals surface area contributed by atoms with Crippen molar-refractivity contribution in [2.24, 2.45) is 10.4 Å². The Hall–Kier alpha value is -2.12. The lowest BCUT2D eigenvalue weighted by Gasteiger charge is -2.26. The second-order valence-corrected chi connectivity index (χ2v) is 6.69. The van der Waals surface area contributed by atoms with Crippen molar-refractivity contribution < 1.29 is 4.92 Å². The Morgan fingerprint density at radius 3 is 2.75 bits per heavy atom. The quantitative estimate of drug-likeness (QED) is 0.225. The van der Waals surface area contributed by atoms with Crippen molar-refractivity contribution >= 4 is 11.6 Å². The fourth-order valence-corrected chi connectivity index (χ4v) is 2.34. The summed E-state index contributed by atoms with van der Waals surface area (Å²) in [5.41, 5.74) is 0.224. The third-order valence-electron chi connectivity index (χ3n) is 3.88. The van der Waals surface area contributed by atoms with Crippen molar-refractivity contribution in [3.63, 3.8) is 0 Å². The molecular weight excluding hydrogens is 308 g/mol. The third-order valence-corrected chi connectivity index (χ3v) is 3.88. The lowest BCUT2D eigenvalue weighted by atomic mass is 9.87. The summed E-state index contributed by atoms with van der Waals surface area (Å²) in [6.45, 7) is 8.70. The molecule has 0 aromatic carbocycles. The summed E-state index contributed by atoms with van der Waals surface area (Å²) in [7, 11) is 1.73. The zero-order chi connectivity index (χ0) is 18.0. The van der Waals surface area contributed by atoms with Crippen molar-refractivity contribution in [2.75, 3.05) is 20.1 Å². The van der Waals surface area contributed by atoms with E-state index >= 15 is 0 Å². The van der Waals surface area contributed by atoms with Gasteiger partial charge in [-0.3, -0.25) is 19.8 Å². The summed E-state index contributed by atoms with van der Waals surface area (Å²) < 4.78 is 1.55. The highest BCUT2D eigenvalue weighted by molar-refractivity contribution is 5.79. The van der Waals surface area contributed by atoms with E-state index in [0.717, 1.165) is 12.5 Å². The van der Waals surface area contributed by atoms with Crippen molar-refractivity contribution in [1.82, 2.24) is 20.4 Å². The molecule has 0 unspecified atom stereocenters. The lowest BCUT2D eigenvalue weighted by Crippen LogP contribution is -2.43. The second-order valence-electron chi connectivity index (χ2n) is 6.69. The normalized spacial score (nSPS) is 12.2. The average Bonchev–Trinajstić information content (AvgIpc) is 3.00. The Kier molecular flexibility index (Phi) is 8.21. The molecule has 0 aliphatic carbocycles. The van der Waals surface area contributed by atoms with Crippen LogP contribution >= 0.6 is 0 Å². The molecule has 1 heterocycles. The van der Waals surface area contributed by atoms with Crippen molar-refractivity contribution in [2.45, 2.75) is 53.0 Å². The van der Waals surface area contributed by atoms with Crippen molar-refractivity contribution in [3.05, 3.63) is 22.5 Å². The van der Waals surface area contributed by atoms with Crippen LogP contribution in [0.5, 0.6) is 0 Å². The Morgan fingerprint density at radius 1 is 1.42 bits per heavy atom. The van der Waals surface area contributed by atoms with Gasteiger partial charge in [0, 0.05) is 20.1 Å². The number of hydrogen-bond acceptors (Lipinski definition) is 4. The maximum absolute atomic E-state index is 10.6. The number of nitrogens with one attached hydrogen (secondary N) is 2. The predicted octanol–water partition coefficient (Wildman–Crippen LogP) is 2.56. The second kappa shape index (κ2) is 9.89. The van der Waals surface area contributed by atoms with E-state index in [4.69, 9.17) is 0 Å². The number of hydrogen-bond donors (Lipinski definition) is 2. The van der Waals surface area contributed by atoms with Crippen LogP contribution < -0.4 is 10.6 Å². The van der Waals surface area contributed by atoms with Crippen LogP contribution in [-0.2, 0) is 6.54 Å². The summed E-state index contributed by atoms with van der Waals surface area (Å²) in [6, 6.07) is 0. The SMILES string of the molecule is CCCCCC(C)(C)CNC(=NC)NCCn1cc([N+](=O)[O-])cn1. The van der Waals surface area contributed by atoms with Crippen molar-refractivity contribution in [1.29, 1.82) is 0 Å². The van der Waals surface area contributed by atoms with Crippen LogP contribution in [0, 0.1) is 15.5 Å². The molecule has 0 radical (unpaired) electrons. The Labute approximate surface area is 143 Å². The molecule has 0 aliphatic rings. The number of guanidine groups is 1. The Morgan fingerprint density at radius 2 is 2.17 bits per heavy atom. The molecule has 8 heteroatoms. The molecule has 0 spiro atoms. The lowest BCUT2D eigenvalue weighted by molar-refractivity contribution is -0.385. The van der Waals surface area contributed by atoms with E-state index in [1.54, 1.807) is 11.7 Å². The van der Waals surface area contributed by atoms with Gasteiger partial charge < -0.3 is 10.6 Å². The molecule has 0 bridgehead atoms. The fourth-order valence-electron chi connectivity index (χ4n) is 2.34. The van der Waals surface area contributed by atoms with Crippen LogP contribution in [0.2, 0.25) is 0 Å². The molecule has 136 valence electrons. The standard InChI is InChI=1S/C16H30N6O2/c1-5-6-7-8-16(2,3)13-19-15(17-4)18-9-10-21-12-14(11-20-21)22(23)24/h11-12H,5-10,13H2,1-4H3,(H2,17,18,19).